The second-order valence-electron chi connectivity index (χ2n) is 3.04. The van der Waals surface area contributed by atoms with Crippen molar-refractivity contribution in [3.05, 3.63) is 29.8 Å². The predicted molar refractivity (Wildman–Crippen MR) is 53.3 cm³/mol. The van der Waals surface area contributed by atoms with Crippen LogP contribution in [0.15, 0.2) is 24.3 Å². The van der Waals surface area contributed by atoms with Gasteiger partial charge in [-0.15, -0.1) is 0 Å². The Balaban J connectivity index is 2.80. The number of aliphatic hydroxyl groups is 1. The van der Waals surface area contributed by atoms with Crippen molar-refractivity contribution in [2.24, 2.45) is 0 Å². The highest BCUT2D eigenvalue weighted by Gasteiger charge is 2.15. The largest absolute Gasteiger partial charge is 0.479 e. The summed E-state index contributed by atoms with van der Waals surface area (Å²) in [5.41, 5.74) is 0.834. The van der Waals surface area contributed by atoms with Crippen LogP contribution in [0.25, 0.3) is 0 Å². The van der Waals surface area contributed by atoms with Gasteiger partial charge in [-0.25, -0.2) is 4.79 Å². The summed E-state index contributed by atoms with van der Waals surface area (Å²) in [7, 11) is 0. The van der Waals surface area contributed by atoms with Gasteiger partial charge in [0, 0.05) is 12.6 Å². The first-order valence-electron chi connectivity index (χ1n) is 4.29. The molecule has 0 unspecified atom stereocenters. The lowest BCUT2D eigenvalue weighted by Gasteiger charge is -2.07. The summed E-state index contributed by atoms with van der Waals surface area (Å²) in [6.07, 6.45) is -1.53. The average molecular weight is 209 g/mol. The standard InChI is InChI=1S/C10H11NO4/c1-6(12)11-8-4-2-7(3-5-8)9(13)10(14)15/h2-5,9,13H,1H3,(H,11,12)(H,14,15)/t9-/m1/s1. The number of amides is 1. The third-order valence-electron chi connectivity index (χ3n) is 1.78. The number of rotatable bonds is 3. The normalized spacial score (nSPS) is 11.9. The Bertz CT molecular complexity index is 372. The number of hydrogen-bond donors (Lipinski definition) is 3. The molecule has 3 N–H and O–H groups in total. The van der Waals surface area contributed by atoms with Gasteiger partial charge in [0.15, 0.2) is 6.10 Å². The molecular formula is C10H11NO4. The maximum Gasteiger partial charge on any atom is 0.337 e. The number of benzene rings is 1. The quantitative estimate of drug-likeness (QED) is 0.686. The molecule has 0 aliphatic heterocycles. The first-order chi connectivity index (χ1) is 7.00. The fourth-order valence-corrected chi connectivity index (χ4v) is 1.09. The number of anilines is 1. The van der Waals surface area contributed by atoms with E-state index in [1.54, 1.807) is 0 Å². The Morgan fingerprint density at radius 2 is 1.80 bits per heavy atom. The van der Waals surface area contributed by atoms with E-state index in [2.05, 4.69) is 5.32 Å². The molecular weight excluding hydrogens is 198 g/mol. The summed E-state index contributed by atoms with van der Waals surface area (Å²) in [4.78, 5) is 21.1. The predicted octanol–water partition coefficient (Wildman–Crippen LogP) is 0.763. The lowest BCUT2D eigenvalue weighted by atomic mass is 10.1. The van der Waals surface area contributed by atoms with Gasteiger partial charge in [0.05, 0.1) is 0 Å². The van der Waals surface area contributed by atoms with Crippen LogP contribution in [0.2, 0.25) is 0 Å². The molecule has 0 bridgehead atoms. The topological polar surface area (TPSA) is 86.6 Å². The van der Waals surface area contributed by atoms with Crippen LogP contribution in [0.5, 0.6) is 0 Å². The second kappa shape index (κ2) is 4.56. The minimum atomic E-state index is -1.53. The van der Waals surface area contributed by atoms with E-state index in [1.807, 2.05) is 0 Å². The lowest BCUT2D eigenvalue weighted by Crippen LogP contribution is -2.10. The second-order valence-corrected chi connectivity index (χ2v) is 3.04. The van der Waals surface area contributed by atoms with E-state index >= 15 is 0 Å². The number of carbonyl (C=O) groups is 2. The van der Waals surface area contributed by atoms with Crippen molar-refractivity contribution in [3.63, 3.8) is 0 Å². The summed E-state index contributed by atoms with van der Waals surface area (Å²) < 4.78 is 0. The smallest absolute Gasteiger partial charge is 0.337 e. The minimum absolute atomic E-state index is 0.207. The fourth-order valence-electron chi connectivity index (χ4n) is 1.09. The first-order valence-corrected chi connectivity index (χ1v) is 4.29. The Hall–Kier alpha value is -1.88. The molecule has 0 aliphatic carbocycles. The number of hydrogen-bond acceptors (Lipinski definition) is 3. The third kappa shape index (κ3) is 3.07. The van der Waals surface area contributed by atoms with Gasteiger partial charge in [0.2, 0.25) is 5.91 Å². The van der Waals surface area contributed by atoms with Gasteiger partial charge in [-0.05, 0) is 17.7 Å². The number of aliphatic hydroxyl groups excluding tert-OH is 1. The molecule has 0 aromatic heterocycles. The van der Waals surface area contributed by atoms with E-state index in [0.717, 1.165) is 0 Å². The minimum Gasteiger partial charge on any atom is -0.479 e. The maximum absolute atomic E-state index is 10.7. The number of aliphatic carboxylic acids is 1. The van der Waals surface area contributed by atoms with Crippen LogP contribution in [-0.2, 0) is 9.59 Å². The molecule has 0 saturated carbocycles. The summed E-state index contributed by atoms with van der Waals surface area (Å²) in [6.45, 7) is 1.38. The van der Waals surface area contributed by atoms with E-state index in [0.29, 0.717) is 5.69 Å². The summed E-state index contributed by atoms with van der Waals surface area (Å²) in [5, 5.41) is 20.2. The summed E-state index contributed by atoms with van der Waals surface area (Å²) in [5.74, 6) is -1.51. The Morgan fingerprint density at radius 1 is 1.27 bits per heavy atom. The monoisotopic (exact) mass is 209 g/mol. The lowest BCUT2D eigenvalue weighted by molar-refractivity contribution is -0.146. The van der Waals surface area contributed by atoms with E-state index in [4.69, 9.17) is 5.11 Å². The highest BCUT2D eigenvalue weighted by molar-refractivity contribution is 5.88. The summed E-state index contributed by atoms with van der Waals surface area (Å²) in [6, 6.07) is 5.96. The maximum atomic E-state index is 10.7. The van der Waals surface area contributed by atoms with E-state index in [1.165, 1.54) is 31.2 Å². The molecule has 0 fully saturated rings. The third-order valence-corrected chi connectivity index (χ3v) is 1.78. The molecule has 0 heterocycles. The molecule has 0 spiro atoms. The van der Waals surface area contributed by atoms with Gasteiger partial charge in [0.1, 0.15) is 0 Å². The molecule has 1 atom stereocenters. The molecule has 0 aliphatic rings. The summed E-state index contributed by atoms with van der Waals surface area (Å²) >= 11 is 0. The number of carboxylic acids is 1. The first kappa shape index (κ1) is 11.2. The van der Waals surface area contributed by atoms with E-state index < -0.39 is 12.1 Å². The molecule has 0 saturated heterocycles. The van der Waals surface area contributed by atoms with E-state index in [9.17, 15) is 14.7 Å². The molecule has 1 amide bonds. The van der Waals surface area contributed by atoms with Crippen LogP contribution in [0.4, 0.5) is 5.69 Å². The SMILES string of the molecule is CC(=O)Nc1ccc([C@@H](O)C(=O)O)cc1. The van der Waals surface area contributed by atoms with Gasteiger partial charge in [-0.1, -0.05) is 12.1 Å². The van der Waals surface area contributed by atoms with Crippen molar-refractivity contribution in [1.82, 2.24) is 0 Å². The molecule has 1 aromatic rings. The van der Waals surface area contributed by atoms with Crippen LogP contribution in [-0.4, -0.2) is 22.1 Å². The molecule has 1 rings (SSSR count). The molecule has 1 aromatic carbocycles. The highest BCUT2D eigenvalue weighted by atomic mass is 16.4. The van der Waals surface area contributed by atoms with Gasteiger partial charge in [-0.3, -0.25) is 4.79 Å². The van der Waals surface area contributed by atoms with Crippen molar-refractivity contribution in [2.45, 2.75) is 13.0 Å². The highest BCUT2D eigenvalue weighted by Crippen LogP contribution is 2.16. The average Bonchev–Trinajstić information content (AvgIpc) is 2.17. The zero-order chi connectivity index (χ0) is 11.4. The van der Waals surface area contributed by atoms with Crippen molar-refractivity contribution in [3.8, 4) is 0 Å². The molecule has 5 heteroatoms. The Morgan fingerprint density at radius 3 is 2.20 bits per heavy atom. The van der Waals surface area contributed by atoms with Gasteiger partial charge < -0.3 is 15.5 Å². The van der Waals surface area contributed by atoms with Gasteiger partial charge >= 0.3 is 5.97 Å². The number of carbonyl (C=O) groups excluding carboxylic acids is 1. The zero-order valence-corrected chi connectivity index (χ0v) is 8.10. The molecule has 5 nitrogen and oxygen atoms in total. The van der Waals surface area contributed by atoms with Gasteiger partial charge in [0.25, 0.3) is 0 Å². The van der Waals surface area contributed by atoms with Crippen LogP contribution in [0.1, 0.15) is 18.6 Å². The van der Waals surface area contributed by atoms with E-state index in [-0.39, 0.29) is 11.5 Å². The molecule has 0 radical (unpaired) electrons. The fraction of sp³-hybridized carbons (Fsp3) is 0.200. The van der Waals surface area contributed by atoms with Crippen molar-refractivity contribution in [2.75, 3.05) is 5.32 Å². The van der Waals surface area contributed by atoms with Crippen molar-refractivity contribution >= 4 is 17.6 Å². The number of carboxylic acid groups (broad SMARTS) is 1. The van der Waals surface area contributed by atoms with Crippen LogP contribution >= 0.6 is 0 Å². The van der Waals surface area contributed by atoms with Crippen LogP contribution in [0, 0.1) is 0 Å². The van der Waals surface area contributed by atoms with Gasteiger partial charge in [-0.2, -0.15) is 0 Å². The molecule has 80 valence electrons. The Kier molecular flexibility index (Phi) is 3.41. The van der Waals surface area contributed by atoms with Crippen LogP contribution in [0.3, 0.4) is 0 Å². The Labute approximate surface area is 86.4 Å². The molecule has 15 heavy (non-hydrogen) atoms. The van der Waals surface area contributed by atoms with Crippen molar-refractivity contribution < 1.29 is 19.8 Å². The zero-order valence-electron chi connectivity index (χ0n) is 8.10. The number of nitrogens with one attached hydrogen (secondary N) is 1. The van der Waals surface area contributed by atoms with Crippen molar-refractivity contribution in [1.29, 1.82) is 0 Å². The van der Waals surface area contributed by atoms with Crippen LogP contribution < -0.4 is 5.32 Å².